The Balaban J connectivity index is 3.02. The van der Waals surface area contributed by atoms with Gasteiger partial charge in [-0.25, -0.2) is 8.42 Å². The third-order valence-electron chi connectivity index (χ3n) is 2.68. The lowest BCUT2D eigenvalue weighted by molar-refractivity contribution is -0.147. The zero-order valence-corrected chi connectivity index (χ0v) is 8.60. The van der Waals surface area contributed by atoms with E-state index in [4.69, 9.17) is 5.11 Å². The first-order valence-electron chi connectivity index (χ1n) is 4.23. The molecular weight excluding hydrogens is 192 g/mol. The van der Waals surface area contributed by atoms with Crippen molar-refractivity contribution in [3.05, 3.63) is 0 Å². The molecular formula is C8H14O4S. The number of aliphatic carboxylic acids is 1. The molecule has 1 rings (SSSR count). The standard InChI is InChI=1S/C8H14O4S/c1-8(2,7(9)10)6-4-3-5-13(6,11)12/h6H,3-5H2,1-2H3,(H,9,10). The fourth-order valence-electron chi connectivity index (χ4n) is 1.74. The number of sulfone groups is 1. The van der Waals surface area contributed by atoms with Crippen LogP contribution in [0.1, 0.15) is 26.7 Å². The van der Waals surface area contributed by atoms with Gasteiger partial charge in [0.1, 0.15) is 0 Å². The van der Waals surface area contributed by atoms with Crippen LogP contribution in [0.2, 0.25) is 0 Å². The number of carboxylic acids is 1. The highest BCUT2D eigenvalue weighted by Crippen LogP contribution is 2.35. The Bertz CT molecular complexity index is 315. The fraction of sp³-hybridized carbons (Fsp3) is 0.875. The van der Waals surface area contributed by atoms with Gasteiger partial charge in [0.15, 0.2) is 9.84 Å². The van der Waals surface area contributed by atoms with Gasteiger partial charge >= 0.3 is 5.97 Å². The normalized spacial score (nSPS) is 27.4. The summed E-state index contributed by atoms with van der Waals surface area (Å²) in [6, 6.07) is 0. The Hall–Kier alpha value is -0.580. The minimum atomic E-state index is -3.17. The van der Waals surface area contributed by atoms with Gasteiger partial charge < -0.3 is 5.11 Å². The van der Waals surface area contributed by atoms with E-state index in [0.29, 0.717) is 12.8 Å². The van der Waals surface area contributed by atoms with E-state index in [2.05, 4.69) is 0 Å². The SMILES string of the molecule is CC(C)(C(=O)O)C1CCCS1(=O)=O. The summed E-state index contributed by atoms with van der Waals surface area (Å²) >= 11 is 0. The Labute approximate surface area is 77.9 Å². The van der Waals surface area contributed by atoms with E-state index in [1.165, 1.54) is 13.8 Å². The second-order valence-corrected chi connectivity index (χ2v) is 6.33. The molecule has 1 saturated heterocycles. The molecule has 13 heavy (non-hydrogen) atoms. The fourth-order valence-corrected chi connectivity index (χ4v) is 4.12. The molecule has 0 aromatic carbocycles. The molecule has 0 aromatic heterocycles. The van der Waals surface area contributed by atoms with Crippen molar-refractivity contribution < 1.29 is 18.3 Å². The highest BCUT2D eigenvalue weighted by molar-refractivity contribution is 7.92. The van der Waals surface area contributed by atoms with Crippen molar-refractivity contribution in [2.75, 3.05) is 5.75 Å². The van der Waals surface area contributed by atoms with Crippen LogP contribution in [0.15, 0.2) is 0 Å². The summed E-state index contributed by atoms with van der Waals surface area (Å²) in [5, 5.41) is 8.16. The molecule has 0 bridgehead atoms. The summed E-state index contributed by atoms with van der Waals surface area (Å²) < 4.78 is 22.9. The summed E-state index contributed by atoms with van der Waals surface area (Å²) in [6.07, 6.45) is 1.06. The van der Waals surface area contributed by atoms with E-state index < -0.39 is 26.5 Å². The maximum Gasteiger partial charge on any atom is 0.310 e. The average Bonchev–Trinajstić information content (AvgIpc) is 2.29. The molecule has 0 aliphatic carbocycles. The van der Waals surface area contributed by atoms with Crippen LogP contribution in [0.5, 0.6) is 0 Å². The largest absolute Gasteiger partial charge is 0.481 e. The van der Waals surface area contributed by atoms with Gasteiger partial charge in [0.05, 0.1) is 16.4 Å². The molecule has 76 valence electrons. The molecule has 1 aliphatic rings. The number of hydrogen-bond acceptors (Lipinski definition) is 3. The van der Waals surface area contributed by atoms with Gasteiger partial charge in [-0.2, -0.15) is 0 Å². The van der Waals surface area contributed by atoms with Crippen LogP contribution in [0.4, 0.5) is 0 Å². The van der Waals surface area contributed by atoms with Crippen molar-refractivity contribution in [2.45, 2.75) is 31.9 Å². The molecule has 0 saturated carbocycles. The monoisotopic (exact) mass is 206 g/mol. The smallest absolute Gasteiger partial charge is 0.310 e. The zero-order chi connectivity index (χ0) is 10.3. The Morgan fingerprint density at radius 3 is 2.31 bits per heavy atom. The summed E-state index contributed by atoms with van der Waals surface area (Å²) in [5.41, 5.74) is -1.16. The quantitative estimate of drug-likeness (QED) is 0.721. The van der Waals surface area contributed by atoms with Crippen LogP contribution in [0.25, 0.3) is 0 Å². The maximum absolute atomic E-state index is 11.4. The first-order valence-corrected chi connectivity index (χ1v) is 5.95. The van der Waals surface area contributed by atoms with Gasteiger partial charge in [0.25, 0.3) is 0 Å². The van der Waals surface area contributed by atoms with Crippen molar-refractivity contribution in [3.63, 3.8) is 0 Å². The summed E-state index contributed by atoms with van der Waals surface area (Å²) in [6.45, 7) is 2.95. The van der Waals surface area contributed by atoms with Crippen molar-refractivity contribution in [1.29, 1.82) is 0 Å². The van der Waals surface area contributed by atoms with Gasteiger partial charge in [0.2, 0.25) is 0 Å². The molecule has 0 spiro atoms. The second-order valence-electron chi connectivity index (χ2n) is 4.02. The van der Waals surface area contributed by atoms with E-state index in [0.717, 1.165) is 0 Å². The molecule has 1 fully saturated rings. The van der Waals surface area contributed by atoms with Gasteiger partial charge in [-0.15, -0.1) is 0 Å². The molecule has 4 nitrogen and oxygen atoms in total. The van der Waals surface area contributed by atoms with E-state index in [-0.39, 0.29) is 5.75 Å². The Morgan fingerprint density at radius 2 is 2.00 bits per heavy atom. The van der Waals surface area contributed by atoms with Crippen LogP contribution in [-0.2, 0) is 14.6 Å². The highest BCUT2D eigenvalue weighted by Gasteiger charge is 2.47. The highest BCUT2D eigenvalue weighted by atomic mass is 32.2. The molecule has 0 amide bonds. The van der Waals surface area contributed by atoms with Crippen LogP contribution in [0, 0.1) is 5.41 Å². The second kappa shape index (κ2) is 2.97. The topological polar surface area (TPSA) is 71.4 Å². The van der Waals surface area contributed by atoms with E-state index in [1.54, 1.807) is 0 Å². The summed E-state index contributed by atoms with van der Waals surface area (Å²) in [5.74, 6) is -0.906. The molecule has 0 radical (unpaired) electrons. The molecule has 1 N–H and O–H groups in total. The molecule has 1 atom stereocenters. The van der Waals surface area contributed by atoms with E-state index in [1.807, 2.05) is 0 Å². The molecule has 1 aliphatic heterocycles. The Morgan fingerprint density at radius 1 is 1.46 bits per heavy atom. The van der Waals surface area contributed by atoms with E-state index in [9.17, 15) is 13.2 Å². The van der Waals surface area contributed by atoms with Crippen molar-refractivity contribution in [1.82, 2.24) is 0 Å². The number of hydrogen-bond donors (Lipinski definition) is 1. The first-order chi connectivity index (χ1) is 5.78. The van der Waals surface area contributed by atoms with Crippen molar-refractivity contribution in [3.8, 4) is 0 Å². The third kappa shape index (κ3) is 1.70. The predicted octanol–water partition coefficient (Wildman–Crippen LogP) is 0.674. The minimum absolute atomic E-state index is 0.133. The lowest BCUT2D eigenvalue weighted by atomic mass is 9.87. The van der Waals surface area contributed by atoms with Crippen molar-refractivity contribution in [2.24, 2.45) is 5.41 Å². The van der Waals surface area contributed by atoms with Crippen LogP contribution in [-0.4, -0.2) is 30.5 Å². The average molecular weight is 206 g/mol. The van der Waals surface area contributed by atoms with Crippen LogP contribution in [0.3, 0.4) is 0 Å². The summed E-state index contributed by atoms with van der Waals surface area (Å²) in [4.78, 5) is 10.8. The molecule has 0 aromatic rings. The summed E-state index contributed by atoms with van der Waals surface area (Å²) in [7, 11) is -3.17. The van der Waals surface area contributed by atoms with Gasteiger partial charge in [-0.3, -0.25) is 4.79 Å². The van der Waals surface area contributed by atoms with Crippen LogP contribution < -0.4 is 0 Å². The number of carbonyl (C=O) groups is 1. The van der Waals surface area contributed by atoms with Crippen LogP contribution >= 0.6 is 0 Å². The lowest BCUT2D eigenvalue weighted by Crippen LogP contribution is -2.39. The number of rotatable bonds is 2. The van der Waals surface area contributed by atoms with Gasteiger partial charge in [-0.1, -0.05) is 0 Å². The predicted molar refractivity (Wildman–Crippen MR) is 48.2 cm³/mol. The van der Waals surface area contributed by atoms with Gasteiger partial charge in [0, 0.05) is 0 Å². The third-order valence-corrected chi connectivity index (χ3v) is 5.23. The lowest BCUT2D eigenvalue weighted by Gasteiger charge is -2.25. The van der Waals surface area contributed by atoms with Gasteiger partial charge in [-0.05, 0) is 26.7 Å². The molecule has 5 heteroatoms. The molecule has 1 heterocycles. The minimum Gasteiger partial charge on any atom is -0.481 e. The molecule has 1 unspecified atom stereocenters. The first kappa shape index (κ1) is 10.5. The van der Waals surface area contributed by atoms with E-state index >= 15 is 0 Å². The zero-order valence-electron chi connectivity index (χ0n) is 7.78. The number of carboxylic acid groups (broad SMARTS) is 1. The Kier molecular flexibility index (Phi) is 2.40. The van der Waals surface area contributed by atoms with Crippen molar-refractivity contribution >= 4 is 15.8 Å². The maximum atomic E-state index is 11.4.